The maximum atomic E-state index is 11.8. The van der Waals surface area contributed by atoms with Crippen LogP contribution in [0.3, 0.4) is 0 Å². The Morgan fingerprint density at radius 3 is 2.95 bits per heavy atom. The first-order valence-corrected chi connectivity index (χ1v) is 6.20. The van der Waals surface area contributed by atoms with Gasteiger partial charge in [-0.15, -0.1) is 0 Å². The van der Waals surface area contributed by atoms with Crippen LogP contribution in [0.2, 0.25) is 0 Å². The molecule has 3 N–H and O–H groups in total. The lowest BCUT2D eigenvalue weighted by atomic mass is 9.74. The number of phenolic OH excluding ortho intramolecular Hbond substituents is 2. The maximum Gasteiger partial charge on any atom is 0.275 e. The lowest BCUT2D eigenvalue weighted by molar-refractivity contribution is 0.0951. The average molecular weight is 258 g/mol. The monoisotopic (exact) mass is 258 g/mol. The van der Waals surface area contributed by atoms with Gasteiger partial charge < -0.3 is 10.2 Å². The zero-order valence-electron chi connectivity index (χ0n) is 10.2. The molecule has 19 heavy (non-hydrogen) atoms. The van der Waals surface area contributed by atoms with Gasteiger partial charge >= 0.3 is 0 Å². The molecule has 0 bridgehead atoms. The van der Waals surface area contributed by atoms with Crippen molar-refractivity contribution in [2.45, 2.75) is 12.8 Å². The Kier molecular flexibility index (Phi) is 2.74. The topological polar surface area (TPSA) is 81.9 Å². The molecular weight excluding hydrogens is 244 g/mol. The predicted octanol–water partition coefficient (Wildman–Crippen LogP) is 1.78. The first-order valence-electron chi connectivity index (χ1n) is 6.20. The third kappa shape index (κ3) is 2.07. The highest BCUT2D eigenvalue weighted by molar-refractivity contribution is 5.99. The van der Waals surface area contributed by atoms with Crippen LogP contribution in [0.1, 0.15) is 23.2 Å². The van der Waals surface area contributed by atoms with E-state index in [-0.39, 0.29) is 17.1 Å². The maximum absolute atomic E-state index is 11.8. The van der Waals surface area contributed by atoms with Gasteiger partial charge in [-0.3, -0.25) is 4.79 Å². The van der Waals surface area contributed by atoms with Crippen molar-refractivity contribution in [1.82, 2.24) is 5.43 Å². The summed E-state index contributed by atoms with van der Waals surface area (Å²) in [5.41, 5.74) is 3.55. The van der Waals surface area contributed by atoms with Crippen LogP contribution in [-0.2, 0) is 0 Å². The van der Waals surface area contributed by atoms with Gasteiger partial charge in [0.25, 0.3) is 5.91 Å². The van der Waals surface area contributed by atoms with Crippen molar-refractivity contribution in [2.24, 2.45) is 16.9 Å². The SMILES string of the molecule is O=C(N/N=C1/C[C@H]2C=CC[C@H]12)c1ccc(O)cc1O. The fourth-order valence-electron chi connectivity index (χ4n) is 2.56. The quantitative estimate of drug-likeness (QED) is 0.558. The van der Waals surface area contributed by atoms with Gasteiger partial charge in [0.15, 0.2) is 0 Å². The van der Waals surface area contributed by atoms with Crippen molar-refractivity contribution in [2.75, 3.05) is 0 Å². The summed E-state index contributed by atoms with van der Waals surface area (Å²) in [6.45, 7) is 0. The number of carbonyl (C=O) groups excluding carboxylic acids is 1. The van der Waals surface area contributed by atoms with Crippen LogP contribution < -0.4 is 5.43 Å². The van der Waals surface area contributed by atoms with E-state index in [1.54, 1.807) is 0 Å². The number of benzene rings is 1. The van der Waals surface area contributed by atoms with E-state index in [0.717, 1.165) is 24.6 Å². The normalized spacial score (nSPS) is 26.0. The standard InChI is InChI=1S/C14H14N2O3/c17-9-4-5-11(13(18)7-9)14(19)16-15-12-6-8-2-1-3-10(8)12/h1-2,4-5,7-8,10,17-18H,3,6H2,(H,16,19)/b15-12-/t8-,10+/m1/s1. The number of nitrogens with zero attached hydrogens (tertiary/aromatic N) is 1. The molecule has 0 saturated heterocycles. The van der Waals surface area contributed by atoms with Crippen LogP contribution in [-0.4, -0.2) is 21.8 Å². The number of nitrogens with one attached hydrogen (secondary N) is 1. The summed E-state index contributed by atoms with van der Waals surface area (Å²) in [7, 11) is 0. The highest BCUT2D eigenvalue weighted by Crippen LogP contribution is 2.40. The van der Waals surface area contributed by atoms with E-state index in [9.17, 15) is 9.90 Å². The van der Waals surface area contributed by atoms with Gasteiger partial charge in [0.1, 0.15) is 11.5 Å². The minimum atomic E-state index is -0.473. The molecule has 5 heteroatoms. The zero-order chi connectivity index (χ0) is 13.4. The van der Waals surface area contributed by atoms with Crippen molar-refractivity contribution < 1.29 is 15.0 Å². The fraction of sp³-hybridized carbons (Fsp3) is 0.286. The summed E-state index contributed by atoms with van der Waals surface area (Å²) >= 11 is 0. The van der Waals surface area contributed by atoms with Gasteiger partial charge in [0.05, 0.1) is 5.56 Å². The Bertz CT molecular complexity index is 592. The molecule has 1 aromatic rings. The first kappa shape index (κ1) is 11.8. The summed E-state index contributed by atoms with van der Waals surface area (Å²) in [5, 5.41) is 22.8. The summed E-state index contributed by atoms with van der Waals surface area (Å²) in [4.78, 5) is 11.8. The molecule has 1 saturated carbocycles. The van der Waals surface area contributed by atoms with E-state index >= 15 is 0 Å². The lowest BCUT2D eigenvalue weighted by Gasteiger charge is -2.31. The van der Waals surface area contributed by atoms with Crippen molar-refractivity contribution in [3.8, 4) is 11.5 Å². The molecule has 98 valence electrons. The van der Waals surface area contributed by atoms with E-state index in [0.29, 0.717) is 11.8 Å². The van der Waals surface area contributed by atoms with Gasteiger partial charge in [0.2, 0.25) is 0 Å². The molecule has 3 rings (SSSR count). The minimum Gasteiger partial charge on any atom is -0.508 e. The van der Waals surface area contributed by atoms with Gasteiger partial charge in [0, 0.05) is 17.7 Å². The van der Waals surface area contributed by atoms with Crippen LogP contribution in [0.4, 0.5) is 0 Å². The van der Waals surface area contributed by atoms with Gasteiger partial charge in [-0.25, -0.2) is 5.43 Å². The molecule has 1 fully saturated rings. The Labute approximate surface area is 110 Å². The molecule has 2 aliphatic rings. The zero-order valence-corrected chi connectivity index (χ0v) is 10.2. The number of phenols is 2. The van der Waals surface area contributed by atoms with Crippen molar-refractivity contribution in [3.05, 3.63) is 35.9 Å². The van der Waals surface area contributed by atoms with Crippen molar-refractivity contribution >= 4 is 11.6 Å². The predicted molar refractivity (Wildman–Crippen MR) is 70.0 cm³/mol. The smallest absolute Gasteiger partial charge is 0.275 e. The number of hydrogen-bond donors (Lipinski definition) is 3. The van der Waals surface area contributed by atoms with E-state index < -0.39 is 5.91 Å². The number of fused-ring (bicyclic) bond motifs is 1. The number of allylic oxidation sites excluding steroid dienone is 2. The third-order valence-electron chi connectivity index (χ3n) is 3.69. The molecule has 0 aromatic heterocycles. The Morgan fingerprint density at radius 1 is 1.37 bits per heavy atom. The molecule has 0 aliphatic heterocycles. The second-order valence-corrected chi connectivity index (χ2v) is 4.88. The number of carbonyl (C=O) groups is 1. The molecule has 0 spiro atoms. The van der Waals surface area contributed by atoms with Crippen LogP contribution >= 0.6 is 0 Å². The van der Waals surface area contributed by atoms with Crippen LogP contribution in [0.25, 0.3) is 0 Å². The molecule has 0 unspecified atom stereocenters. The average Bonchev–Trinajstić information content (AvgIpc) is 2.71. The third-order valence-corrected chi connectivity index (χ3v) is 3.69. The van der Waals surface area contributed by atoms with E-state index in [4.69, 9.17) is 5.11 Å². The molecule has 2 atom stereocenters. The first-order chi connectivity index (χ1) is 9.15. The number of rotatable bonds is 2. The Balaban J connectivity index is 1.67. The highest BCUT2D eigenvalue weighted by Gasteiger charge is 2.38. The minimum absolute atomic E-state index is 0.0840. The molecular formula is C14H14N2O3. The van der Waals surface area contributed by atoms with Gasteiger partial charge in [-0.1, -0.05) is 12.2 Å². The molecule has 1 aromatic carbocycles. The largest absolute Gasteiger partial charge is 0.508 e. The number of amides is 1. The Hall–Kier alpha value is -2.30. The van der Waals surface area contributed by atoms with Crippen LogP contribution in [0.15, 0.2) is 35.5 Å². The number of hydrogen-bond acceptors (Lipinski definition) is 4. The highest BCUT2D eigenvalue weighted by atomic mass is 16.3. The second kappa shape index (κ2) is 4.42. The lowest BCUT2D eigenvalue weighted by Crippen LogP contribution is -2.35. The summed E-state index contributed by atoms with van der Waals surface area (Å²) in [6, 6.07) is 3.84. The molecule has 2 aliphatic carbocycles. The number of hydrazone groups is 1. The Morgan fingerprint density at radius 2 is 2.21 bits per heavy atom. The summed E-state index contributed by atoms with van der Waals surface area (Å²) < 4.78 is 0. The number of aromatic hydroxyl groups is 2. The summed E-state index contributed by atoms with van der Waals surface area (Å²) in [6.07, 6.45) is 6.22. The van der Waals surface area contributed by atoms with E-state index in [1.807, 2.05) is 0 Å². The van der Waals surface area contributed by atoms with Gasteiger partial charge in [-0.05, 0) is 30.9 Å². The molecule has 0 heterocycles. The molecule has 5 nitrogen and oxygen atoms in total. The molecule has 0 radical (unpaired) electrons. The van der Waals surface area contributed by atoms with Crippen LogP contribution in [0, 0.1) is 11.8 Å². The van der Waals surface area contributed by atoms with Crippen molar-refractivity contribution in [1.29, 1.82) is 0 Å². The van der Waals surface area contributed by atoms with E-state index in [1.165, 1.54) is 12.1 Å². The van der Waals surface area contributed by atoms with Gasteiger partial charge in [-0.2, -0.15) is 5.10 Å². The van der Waals surface area contributed by atoms with Crippen LogP contribution in [0.5, 0.6) is 11.5 Å². The van der Waals surface area contributed by atoms with Crippen molar-refractivity contribution in [3.63, 3.8) is 0 Å². The van der Waals surface area contributed by atoms with E-state index in [2.05, 4.69) is 22.7 Å². The summed E-state index contributed by atoms with van der Waals surface area (Å²) in [5.74, 6) is 0.205. The second-order valence-electron chi connectivity index (χ2n) is 4.88. The molecule has 1 amide bonds. The fourth-order valence-corrected chi connectivity index (χ4v) is 2.56.